The van der Waals surface area contributed by atoms with Gasteiger partial charge in [-0.25, -0.2) is 0 Å². The van der Waals surface area contributed by atoms with E-state index in [2.05, 4.69) is 11.4 Å². The van der Waals surface area contributed by atoms with Gasteiger partial charge in [0.1, 0.15) is 0 Å². The Bertz CT molecular complexity index is 332. The molecule has 0 spiro atoms. The molecule has 1 atom stereocenters. The van der Waals surface area contributed by atoms with E-state index in [4.69, 9.17) is 0 Å². The van der Waals surface area contributed by atoms with E-state index in [1.54, 1.807) is 0 Å². The van der Waals surface area contributed by atoms with Crippen LogP contribution in [0.4, 0.5) is 0 Å². The predicted octanol–water partition coefficient (Wildman–Crippen LogP) is 2.35. The number of carboxylic acids is 1. The van der Waals surface area contributed by atoms with Crippen LogP contribution in [0, 0.1) is 11.3 Å². The lowest BCUT2D eigenvalue weighted by Crippen LogP contribution is -2.44. The average Bonchev–Trinajstić information content (AvgIpc) is 2.41. The molecule has 0 unspecified atom stereocenters. The number of allylic oxidation sites excluding steroid dienone is 2. The molecule has 102 valence electrons. The zero-order valence-electron chi connectivity index (χ0n) is 11.2. The van der Waals surface area contributed by atoms with E-state index in [-0.39, 0.29) is 18.4 Å². The third kappa shape index (κ3) is 3.34. The van der Waals surface area contributed by atoms with Gasteiger partial charge in [0.25, 0.3) is 0 Å². The second-order valence-electron chi connectivity index (χ2n) is 4.99. The molecule has 0 radical (unpaired) electrons. The van der Waals surface area contributed by atoms with Crippen molar-refractivity contribution >= 4 is 11.9 Å². The fourth-order valence-electron chi connectivity index (χ4n) is 2.31. The summed E-state index contributed by atoms with van der Waals surface area (Å²) < 4.78 is 0. The summed E-state index contributed by atoms with van der Waals surface area (Å²) >= 11 is 0. The predicted molar refractivity (Wildman–Crippen MR) is 70.1 cm³/mol. The number of amides is 1. The van der Waals surface area contributed by atoms with Gasteiger partial charge in [-0.05, 0) is 32.1 Å². The van der Waals surface area contributed by atoms with Gasteiger partial charge in [0.05, 0.1) is 5.41 Å². The lowest BCUT2D eigenvalue weighted by molar-refractivity contribution is -0.149. The molecular formula is C14H23NO3. The molecule has 1 aliphatic carbocycles. The van der Waals surface area contributed by atoms with E-state index in [1.165, 1.54) is 0 Å². The highest BCUT2D eigenvalue weighted by atomic mass is 16.4. The van der Waals surface area contributed by atoms with Crippen molar-refractivity contribution in [2.45, 2.75) is 46.0 Å². The minimum atomic E-state index is -0.823. The average molecular weight is 253 g/mol. The van der Waals surface area contributed by atoms with Gasteiger partial charge in [0.2, 0.25) is 5.91 Å². The van der Waals surface area contributed by atoms with E-state index in [9.17, 15) is 14.7 Å². The van der Waals surface area contributed by atoms with Crippen molar-refractivity contribution in [2.75, 3.05) is 6.54 Å². The van der Waals surface area contributed by atoms with Crippen LogP contribution in [-0.4, -0.2) is 23.5 Å². The minimum absolute atomic E-state index is 0.00752. The van der Waals surface area contributed by atoms with Crippen molar-refractivity contribution in [3.8, 4) is 0 Å². The van der Waals surface area contributed by atoms with Gasteiger partial charge >= 0.3 is 5.97 Å². The second-order valence-corrected chi connectivity index (χ2v) is 4.99. The highest BCUT2D eigenvalue weighted by molar-refractivity contribution is 5.81. The lowest BCUT2D eigenvalue weighted by Gasteiger charge is -2.28. The van der Waals surface area contributed by atoms with Crippen molar-refractivity contribution in [2.24, 2.45) is 11.3 Å². The fourth-order valence-corrected chi connectivity index (χ4v) is 2.31. The van der Waals surface area contributed by atoms with E-state index in [0.717, 1.165) is 19.3 Å². The maximum Gasteiger partial charge on any atom is 0.311 e. The van der Waals surface area contributed by atoms with Gasteiger partial charge in [-0.2, -0.15) is 0 Å². The molecule has 0 heterocycles. The first-order valence-corrected chi connectivity index (χ1v) is 6.72. The molecule has 0 aromatic carbocycles. The maximum absolute atomic E-state index is 12.0. The Balaban J connectivity index is 2.54. The molecule has 2 N–H and O–H groups in total. The molecule has 0 aromatic heterocycles. The fraction of sp³-hybridized carbons (Fsp3) is 0.714. The van der Waals surface area contributed by atoms with Crippen LogP contribution in [0.15, 0.2) is 12.2 Å². The summed E-state index contributed by atoms with van der Waals surface area (Å²) in [5, 5.41) is 12.1. The van der Waals surface area contributed by atoms with Crippen molar-refractivity contribution in [3.63, 3.8) is 0 Å². The standard InChI is InChI=1S/C14H23NO3/c1-3-14(4-2,13(17)18)10-15-12(16)11-8-6-5-7-9-11/h5-6,11H,3-4,7-10H2,1-2H3,(H,15,16)(H,17,18)/t11-/m0/s1. The van der Waals surface area contributed by atoms with Crippen LogP contribution in [0.5, 0.6) is 0 Å². The minimum Gasteiger partial charge on any atom is -0.481 e. The van der Waals surface area contributed by atoms with E-state index >= 15 is 0 Å². The zero-order valence-corrected chi connectivity index (χ0v) is 11.2. The molecule has 0 aliphatic heterocycles. The second kappa shape index (κ2) is 6.57. The van der Waals surface area contributed by atoms with E-state index in [0.29, 0.717) is 12.8 Å². The van der Waals surface area contributed by atoms with Gasteiger partial charge in [-0.15, -0.1) is 0 Å². The third-order valence-electron chi connectivity index (χ3n) is 4.05. The number of carboxylic acid groups (broad SMARTS) is 1. The topological polar surface area (TPSA) is 66.4 Å². The highest BCUT2D eigenvalue weighted by Crippen LogP contribution is 2.26. The first-order valence-electron chi connectivity index (χ1n) is 6.72. The Morgan fingerprint density at radius 2 is 2.00 bits per heavy atom. The molecule has 4 heteroatoms. The number of hydrogen-bond acceptors (Lipinski definition) is 2. The van der Waals surface area contributed by atoms with E-state index in [1.807, 2.05) is 19.9 Å². The molecule has 0 saturated carbocycles. The van der Waals surface area contributed by atoms with Crippen LogP contribution >= 0.6 is 0 Å². The van der Waals surface area contributed by atoms with E-state index < -0.39 is 11.4 Å². The van der Waals surface area contributed by atoms with Crippen molar-refractivity contribution in [1.29, 1.82) is 0 Å². The number of hydrogen-bond donors (Lipinski definition) is 2. The number of nitrogens with one attached hydrogen (secondary N) is 1. The Labute approximate surface area is 108 Å². The number of carbonyl (C=O) groups is 2. The monoisotopic (exact) mass is 253 g/mol. The third-order valence-corrected chi connectivity index (χ3v) is 4.05. The summed E-state index contributed by atoms with van der Waals surface area (Å²) in [6.45, 7) is 3.94. The lowest BCUT2D eigenvalue weighted by atomic mass is 9.82. The largest absolute Gasteiger partial charge is 0.481 e. The Hall–Kier alpha value is -1.32. The van der Waals surface area contributed by atoms with Crippen LogP contribution in [0.1, 0.15) is 46.0 Å². The van der Waals surface area contributed by atoms with Crippen molar-refractivity contribution in [1.82, 2.24) is 5.32 Å². The summed E-state index contributed by atoms with van der Waals surface area (Å²) in [6.07, 6.45) is 7.74. The first-order chi connectivity index (χ1) is 8.55. The van der Waals surface area contributed by atoms with Gasteiger partial charge in [0.15, 0.2) is 0 Å². The number of rotatable bonds is 6. The van der Waals surface area contributed by atoms with Crippen LogP contribution in [0.25, 0.3) is 0 Å². The molecule has 18 heavy (non-hydrogen) atoms. The summed E-state index contributed by atoms with van der Waals surface area (Å²) in [4.78, 5) is 23.3. The van der Waals surface area contributed by atoms with Crippen molar-refractivity contribution in [3.05, 3.63) is 12.2 Å². The summed E-state index contributed by atoms with van der Waals surface area (Å²) in [7, 11) is 0. The molecular weight excluding hydrogens is 230 g/mol. The summed E-state index contributed by atoms with van der Waals surface area (Å²) in [6, 6.07) is 0. The van der Waals surface area contributed by atoms with Crippen LogP contribution in [0.2, 0.25) is 0 Å². The molecule has 1 amide bonds. The Morgan fingerprint density at radius 1 is 1.33 bits per heavy atom. The Kier molecular flexibility index (Phi) is 5.38. The Morgan fingerprint density at radius 3 is 2.44 bits per heavy atom. The van der Waals surface area contributed by atoms with Gasteiger partial charge in [0, 0.05) is 12.5 Å². The smallest absolute Gasteiger partial charge is 0.311 e. The van der Waals surface area contributed by atoms with Gasteiger partial charge < -0.3 is 10.4 Å². The SMILES string of the molecule is CCC(CC)(CNC(=O)[C@H]1CC=CCC1)C(=O)O. The van der Waals surface area contributed by atoms with Crippen LogP contribution in [-0.2, 0) is 9.59 Å². The maximum atomic E-state index is 12.0. The zero-order chi connectivity index (χ0) is 13.6. The first kappa shape index (κ1) is 14.7. The molecule has 0 fully saturated rings. The molecule has 0 aromatic rings. The molecule has 0 saturated heterocycles. The van der Waals surface area contributed by atoms with Crippen LogP contribution < -0.4 is 5.32 Å². The normalized spacial score (nSPS) is 19.6. The molecule has 0 bridgehead atoms. The quantitative estimate of drug-likeness (QED) is 0.714. The van der Waals surface area contributed by atoms with Crippen LogP contribution in [0.3, 0.4) is 0 Å². The molecule has 4 nitrogen and oxygen atoms in total. The van der Waals surface area contributed by atoms with Gasteiger partial charge in [-0.1, -0.05) is 26.0 Å². The molecule has 1 rings (SSSR count). The van der Waals surface area contributed by atoms with Crippen molar-refractivity contribution < 1.29 is 14.7 Å². The van der Waals surface area contributed by atoms with Gasteiger partial charge in [-0.3, -0.25) is 9.59 Å². The highest BCUT2D eigenvalue weighted by Gasteiger charge is 2.35. The number of carbonyl (C=O) groups excluding carboxylic acids is 1. The molecule has 1 aliphatic rings. The summed E-state index contributed by atoms with van der Waals surface area (Å²) in [5.74, 6) is -0.821. The summed E-state index contributed by atoms with van der Waals surface area (Å²) in [5.41, 5.74) is -0.819. The number of aliphatic carboxylic acids is 1.